The van der Waals surface area contributed by atoms with Crippen LogP contribution in [0.3, 0.4) is 0 Å². The molecule has 2 unspecified atom stereocenters. The van der Waals surface area contributed by atoms with Crippen molar-refractivity contribution in [2.75, 3.05) is 31.7 Å². The monoisotopic (exact) mass is 242 g/mol. The Labute approximate surface area is 99.9 Å². The summed E-state index contributed by atoms with van der Waals surface area (Å²) in [5.74, 6) is 0.615. The number of methoxy groups -OCH3 is 1. The number of aliphatic hydroxyl groups is 1. The first-order valence-electron chi connectivity index (χ1n) is 5.58. The van der Waals surface area contributed by atoms with Crippen molar-refractivity contribution in [1.82, 2.24) is 4.98 Å². The Balaban J connectivity index is 1.97. The standard InChI is InChI=1S/C11H18N2O2S/c1-8(14)10-7-16-11(12-10)13-4-3-9(5-13)6-15-2/h7-9,14H,3-6H2,1-2H3. The molecule has 1 aliphatic heterocycles. The maximum Gasteiger partial charge on any atom is 0.185 e. The molecule has 1 fully saturated rings. The van der Waals surface area contributed by atoms with E-state index in [0.717, 1.165) is 36.9 Å². The van der Waals surface area contributed by atoms with Crippen molar-refractivity contribution >= 4 is 16.5 Å². The lowest BCUT2D eigenvalue weighted by atomic mass is 10.1. The van der Waals surface area contributed by atoms with Crippen LogP contribution in [0, 0.1) is 5.92 Å². The Bertz CT molecular complexity index is 340. The van der Waals surface area contributed by atoms with Gasteiger partial charge in [0.2, 0.25) is 0 Å². The normalized spacial score (nSPS) is 22.7. The number of nitrogens with zero attached hydrogens (tertiary/aromatic N) is 2. The van der Waals surface area contributed by atoms with E-state index in [1.807, 2.05) is 5.38 Å². The molecule has 0 aromatic carbocycles. The van der Waals surface area contributed by atoms with Gasteiger partial charge in [0, 0.05) is 31.5 Å². The minimum absolute atomic E-state index is 0.470. The summed E-state index contributed by atoms with van der Waals surface area (Å²) in [5, 5.41) is 12.4. The molecule has 90 valence electrons. The molecular formula is C11H18N2O2S. The fourth-order valence-corrected chi connectivity index (χ4v) is 2.94. The van der Waals surface area contributed by atoms with Gasteiger partial charge in [-0.3, -0.25) is 0 Å². The minimum atomic E-state index is -0.470. The van der Waals surface area contributed by atoms with Crippen molar-refractivity contribution in [2.24, 2.45) is 5.92 Å². The summed E-state index contributed by atoms with van der Waals surface area (Å²) >= 11 is 1.61. The van der Waals surface area contributed by atoms with Gasteiger partial charge in [0.25, 0.3) is 0 Å². The van der Waals surface area contributed by atoms with E-state index in [4.69, 9.17) is 4.74 Å². The average molecular weight is 242 g/mol. The second-order valence-corrected chi connectivity index (χ2v) is 5.12. The van der Waals surface area contributed by atoms with Crippen molar-refractivity contribution in [2.45, 2.75) is 19.4 Å². The molecule has 0 bridgehead atoms. The first-order chi connectivity index (χ1) is 7.70. The summed E-state index contributed by atoms with van der Waals surface area (Å²) in [7, 11) is 1.75. The van der Waals surface area contributed by atoms with Crippen LogP contribution < -0.4 is 4.90 Å². The van der Waals surface area contributed by atoms with E-state index in [2.05, 4.69) is 9.88 Å². The van der Waals surface area contributed by atoms with Crippen molar-refractivity contribution in [3.05, 3.63) is 11.1 Å². The predicted octanol–water partition coefficient (Wildman–Crippen LogP) is 1.67. The highest BCUT2D eigenvalue weighted by Crippen LogP contribution is 2.28. The molecule has 2 rings (SSSR count). The maximum atomic E-state index is 9.42. The molecule has 1 N–H and O–H groups in total. The van der Waals surface area contributed by atoms with Crippen LogP contribution >= 0.6 is 11.3 Å². The average Bonchev–Trinajstić information content (AvgIpc) is 2.84. The van der Waals surface area contributed by atoms with Gasteiger partial charge in [-0.05, 0) is 13.3 Å². The van der Waals surface area contributed by atoms with E-state index >= 15 is 0 Å². The van der Waals surface area contributed by atoms with E-state index in [1.54, 1.807) is 25.4 Å². The number of ether oxygens (including phenoxy) is 1. The van der Waals surface area contributed by atoms with Gasteiger partial charge in [-0.15, -0.1) is 11.3 Å². The van der Waals surface area contributed by atoms with E-state index < -0.39 is 6.10 Å². The van der Waals surface area contributed by atoms with Crippen LogP contribution in [0.4, 0.5) is 5.13 Å². The molecule has 2 atom stereocenters. The zero-order chi connectivity index (χ0) is 11.5. The van der Waals surface area contributed by atoms with Gasteiger partial charge < -0.3 is 14.7 Å². The third-order valence-electron chi connectivity index (χ3n) is 2.90. The quantitative estimate of drug-likeness (QED) is 0.872. The second kappa shape index (κ2) is 5.12. The smallest absolute Gasteiger partial charge is 0.185 e. The molecule has 0 amide bonds. The molecule has 16 heavy (non-hydrogen) atoms. The number of rotatable bonds is 4. The summed E-state index contributed by atoms with van der Waals surface area (Å²) < 4.78 is 5.17. The van der Waals surface area contributed by atoms with Gasteiger partial charge in [-0.25, -0.2) is 4.98 Å². The predicted molar refractivity (Wildman–Crippen MR) is 64.9 cm³/mol. The fourth-order valence-electron chi connectivity index (χ4n) is 1.99. The van der Waals surface area contributed by atoms with Gasteiger partial charge in [0.1, 0.15) is 0 Å². The van der Waals surface area contributed by atoms with E-state index in [0.29, 0.717) is 5.92 Å². The highest BCUT2D eigenvalue weighted by Gasteiger charge is 2.24. The first kappa shape index (κ1) is 11.8. The summed E-state index contributed by atoms with van der Waals surface area (Å²) in [6.07, 6.45) is 0.694. The lowest BCUT2D eigenvalue weighted by Gasteiger charge is -2.14. The number of anilines is 1. The Morgan fingerprint density at radius 1 is 1.75 bits per heavy atom. The van der Waals surface area contributed by atoms with E-state index in [9.17, 15) is 5.11 Å². The topological polar surface area (TPSA) is 45.6 Å². The summed E-state index contributed by atoms with van der Waals surface area (Å²) in [4.78, 5) is 6.72. The lowest BCUT2D eigenvalue weighted by Crippen LogP contribution is -2.20. The lowest BCUT2D eigenvalue weighted by molar-refractivity contribution is 0.161. The maximum absolute atomic E-state index is 9.42. The van der Waals surface area contributed by atoms with Gasteiger partial charge in [-0.1, -0.05) is 0 Å². The molecule has 2 heterocycles. The highest BCUT2D eigenvalue weighted by molar-refractivity contribution is 7.13. The molecule has 4 nitrogen and oxygen atoms in total. The SMILES string of the molecule is COCC1CCN(c2nc(C(C)O)cs2)C1. The second-order valence-electron chi connectivity index (χ2n) is 4.29. The van der Waals surface area contributed by atoms with Gasteiger partial charge >= 0.3 is 0 Å². The Morgan fingerprint density at radius 3 is 3.19 bits per heavy atom. The molecule has 0 radical (unpaired) electrons. The van der Waals surface area contributed by atoms with Crippen LogP contribution in [0.5, 0.6) is 0 Å². The minimum Gasteiger partial charge on any atom is -0.387 e. The Morgan fingerprint density at radius 2 is 2.56 bits per heavy atom. The van der Waals surface area contributed by atoms with Crippen LogP contribution in [0.25, 0.3) is 0 Å². The van der Waals surface area contributed by atoms with E-state index in [-0.39, 0.29) is 0 Å². The molecule has 1 aromatic heterocycles. The van der Waals surface area contributed by atoms with Crippen LogP contribution in [-0.4, -0.2) is 36.9 Å². The largest absolute Gasteiger partial charge is 0.387 e. The van der Waals surface area contributed by atoms with Crippen LogP contribution in [0.2, 0.25) is 0 Å². The van der Waals surface area contributed by atoms with Crippen LogP contribution in [-0.2, 0) is 4.74 Å². The number of thiazole rings is 1. The van der Waals surface area contributed by atoms with Crippen molar-refractivity contribution in [3.8, 4) is 0 Å². The number of hydrogen-bond acceptors (Lipinski definition) is 5. The molecule has 0 saturated carbocycles. The van der Waals surface area contributed by atoms with Crippen molar-refractivity contribution in [3.63, 3.8) is 0 Å². The zero-order valence-electron chi connectivity index (χ0n) is 9.72. The molecule has 1 saturated heterocycles. The Kier molecular flexibility index (Phi) is 3.78. The van der Waals surface area contributed by atoms with Gasteiger partial charge in [0.15, 0.2) is 5.13 Å². The first-order valence-corrected chi connectivity index (χ1v) is 6.46. The molecule has 5 heteroatoms. The highest BCUT2D eigenvalue weighted by atomic mass is 32.1. The van der Waals surface area contributed by atoms with Gasteiger partial charge in [0.05, 0.1) is 18.4 Å². The van der Waals surface area contributed by atoms with Gasteiger partial charge in [-0.2, -0.15) is 0 Å². The molecule has 0 spiro atoms. The Hall–Kier alpha value is -0.650. The summed E-state index contributed by atoms with van der Waals surface area (Å²) in [5.41, 5.74) is 0.773. The summed E-state index contributed by atoms with van der Waals surface area (Å²) in [6.45, 7) is 4.63. The molecular weight excluding hydrogens is 224 g/mol. The zero-order valence-corrected chi connectivity index (χ0v) is 10.5. The number of hydrogen-bond donors (Lipinski definition) is 1. The fraction of sp³-hybridized carbons (Fsp3) is 0.727. The molecule has 0 aliphatic carbocycles. The summed E-state index contributed by atoms with van der Waals surface area (Å²) in [6, 6.07) is 0. The number of aliphatic hydroxyl groups excluding tert-OH is 1. The van der Waals surface area contributed by atoms with E-state index in [1.165, 1.54) is 0 Å². The molecule has 1 aromatic rings. The third kappa shape index (κ3) is 2.53. The number of aromatic nitrogens is 1. The van der Waals surface area contributed by atoms with Crippen molar-refractivity contribution < 1.29 is 9.84 Å². The van der Waals surface area contributed by atoms with Crippen LogP contribution in [0.15, 0.2) is 5.38 Å². The third-order valence-corrected chi connectivity index (χ3v) is 3.82. The molecule has 1 aliphatic rings. The van der Waals surface area contributed by atoms with Crippen LogP contribution in [0.1, 0.15) is 25.1 Å². The van der Waals surface area contributed by atoms with Crippen molar-refractivity contribution in [1.29, 1.82) is 0 Å².